The SMILES string of the molecule is NC(CO)(CCc1ccc(F)cc1)C(O)Cl. The van der Waals surface area contributed by atoms with Crippen LogP contribution in [0.4, 0.5) is 4.39 Å². The molecule has 0 saturated carbocycles. The van der Waals surface area contributed by atoms with E-state index in [4.69, 9.17) is 22.4 Å². The zero-order chi connectivity index (χ0) is 12.2. The summed E-state index contributed by atoms with van der Waals surface area (Å²) in [7, 11) is 0. The fraction of sp³-hybridized carbons (Fsp3) is 0.455. The van der Waals surface area contributed by atoms with Crippen LogP contribution in [0.3, 0.4) is 0 Å². The number of halogens is 2. The second-order valence-electron chi connectivity index (χ2n) is 3.85. The topological polar surface area (TPSA) is 66.5 Å². The molecule has 0 aromatic heterocycles. The van der Waals surface area contributed by atoms with Crippen LogP contribution in [-0.4, -0.2) is 27.9 Å². The number of aliphatic hydroxyl groups excluding tert-OH is 2. The van der Waals surface area contributed by atoms with Crippen molar-refractivity contribution in [1.82, 2.24) is 0 Å². The molecule has 0 bridgehead atoms. The van der Waals surface area contributed by atoms with Gasteiger partial charge in [-0.2, -0.15) is 0 Å². The largest absolute Gasteiger partial charge is 0.394 e. The number of benzene rings is 1. The first kappa shape index (κ1) is 13.4. The van der Waals surface area contributed by atoms with Crippen molar-refractivity contribution in [2.45, 2.75) is 23.9 Å². The first-order valence-corrected chi connectivity index (χ1v) is 5.38. The molecule has 2 unspecified atom stereocenters. The Balaban J connectivity index is 2.59. The van der Waals surface area contributed by atoms with Crippen LogP contribution in [0.25, 0.3) is 0 Å². The molecule has 0 saturated heterocycles. The minimum Gasteiger partial charge on any atom is -0.394 e. The molecule has 0 aliphatic rings. The van der Waals surface area contributed by atoms with E-state index in [-0.39, 0.29) is 5.82 Å². The lowest BCUT2D eigenvalue weighted by atomic mass is 9.94. The Morgan fingerprint density at radius 3 is 2.38 bits per heavy atom. The lowest BCUT2D eigenvalue weighted by molar-refractivity contribution is 0.0887. The first-order valence-electron chi connectivity index (χ1n) is 4.94. The molecule has 0 heterocycles. The summed E-state index contributed by atoms with van der Waals surface area (Å²) >= 11 is 5.49. The molecule has 0 fully saturated rings. The quantitative estimate of drug-likeness (QED) is 0.681. The van der Waals surface area contributed by atoms with Gasteiger partial charge in [-0.3, -0.25) is 0 Å². The van der Waals surface area contributed by atoms with E-state index in [0.717, 1.165) is 5.56 Å². The van der Waals surface area contributed by atoms with E-state index >= 15 is 0 Å². The Labute approximate surface area is 98.7 Å². The van der Waals surface area contributed by atoms with E-state index in [1.807, 2.05) is 0 Å². The van der Waals surface area contributed by atoms with Crippen LogP contribution < -0.4 is 5.73 Å². The maximum Gasteiger partial charge on any atom is 0.148 e. The van der Waals surface area contributed by atoms with Crippen molar-refractivity contribution in [2.75, 3.05) is 6.61 Å². The zero-order valence-electron chi connectivity index (χ0n) is 8.74. The summed E-state index contributed by atoms with van der Waals surface area (Å²) in [6.07, 6.45) is 0.834. The number of hydrogen-bond acceptors (Lipinski definition) is 3. The monoisotopic (exact) mass is 247 g/mol. The second-order valence-corrected chi connectivity index (χ2v) is 4.27. The number of alkyl halides is 1. The number of rotatable bonds is 5. The Hall–Kier alpha value is -0.680. The molecule has 16 heavy (non-hydrogen) atoms. The highest BCUT2D eigenvalue weighted by atomic mass is 35.5. The van der Waals surface area contributed by atoms with Crippen LogP contribution in [-0.2, 0) is 6.42 Å². The van der Waals surface area contributed by atoms with Gasteiger partial charge in [0, 0.05) is 0 Å². The minimum atomic E-state index is -1.31. The Morgan fingerprint density at radius 2 is 1.94 bits per heavy atom. The smallest absolute Gasteiger partial charge is 0.148 e. The normalized spacial score (nSPS) is 16.8. The highest BCUT2D eigenvalue weighted by Crippen LogP contribution is 2.18. The summed E-state index contributed by atoms with van der Waals surface area (Å²) in [6, 6.07) is 5.97. The van der Waals surface area contributed by atoms with Crippen LogP contribution >= 0.6 is 11.6 Å². The van der Waals surface area contributed by atoms with Crippen LogP contribution in [0.1, 0.15) is 12.0 Å². The molecule has 1 aromatic rings. The van der Waals surface area contributed by atoms with Crippen molar-refractivity contribution < 1.29 is 14.6 Å². The van der Waals surface area contributed by atoms with E-state index < -0.39 is 17.7 Å². The Kier molecular flexibility index (Phi) is 4.68. The van der Waals surface area contributed by atoms with Crippen molar-refractivity contribution in [3.8, 4) is 0 Å². The summed E-state index contributed by atoms with van der Waals surface area (Å²) < 4.78 is 12.6. The summed E-state index contributed by atoms with van der Waals surface area (Å²) in [5, 5.41) is 18.3. The summed E-state index contributed by atoms with van der Waals surface area (Å²) in [6.45, 7) is -0.404. The van der Waals surface area contributed by atoms with E-state index in [0.29, 0.717) is 12.8 Å². The zero-order valence-corrected chi connectivity index (χ0v) is 9.49. The highest BCUT2D eigenvalue weighted by Gasteiger charge is 2.31. The van der Waals surface area contributed by atoms with Crippen molar-refractivity contribution in [3.05, 3.63) is 35.6 Å². The van der Waals surface area contributed by atoms with E-state index in [2.05, 4.69) is 0 Å². The molecule has 90 valence electrons. The highest BCUT2D eigenvalue weighted by molar-refractivity contribution is 6.20. The molecular weight excluding hydrogens is 233 g/mol. The van der Waals surface area contributed by atoms with Gasteiger partial charge >= 0.3 is 0 Å². The van der Waals surface area contributed by atoms with Crippen molar-refractivity contribution in [2.24, 2.45) is 5.73 Å². The van der Waals surface area contributed by atoms with Crippen LogP contribution in [0.15, 0.2) is 24.3 Å². The number of aryl methyl sites for hydroxylation is 1. The third-order valence-corrected chi connectivity index (χ3v) is 3.00. The standard InChI is InChI=1S/C11H15ClFNO2/c12-10(16)11(14,7-15)6-5-8-1-3-9(13)4-2-8/h1-4,10,15-16H,5-7,14H2. The molecule has 1 aromatic carbocycles. The molecule has 1 rings (SSSR count). The third-order valence-electron chi connectivity index (χ3n) is 2.56. The molecule has 2 atom stereocenters. The second kappa shape index (κ2) is 5.59. The van der Waals surface area contributed by atoms with Gasteiger partial charge in [-0.05, 0) is 30.5 Å². The molecule has 0 radical (unpaired) electrons. The minimum absolute atomic E-state index is 0.303. The number of nitrogens with two attached hydrogens (primary N) is 1. The molecule has 0 aliphatic heterocycles. The average molecular weight is 248 g/mol. The predicted octanol–water partition coefficient (Wildman–Crippen LogP) is 1.01. The number of hydrogen-bond donors (Lipinski definition) is 3. The van der Waals surface area contributed by atoms with E-state index in [1.165, 1.54) is 12.1 Å². The Bertz CT molecular complexity index is 331. The van der Waals surface area contributed by atoms with Gasteiger partial charge in [0.25, 0.3) is 0 Å². The molecule has 0 spiro atoms. The van der Waals surface area contributed by atoms with Gasteiger partial charge in [0.2, 0.25) is 0 Å². The van der Waals surface area contributed by atoms with Crippen molar-refractivity contribution in [1.29, 1.82) is 0 Å². The van der Waals surface area contributed by atoms with Gasteiger partial charge in [0.05, 0.1) is 12.1 Å². The fourth-order valence-corrected chi connectivity index (χ4v) is 1.48. The van der Waals surface area contributed by atoms with Crippen LogP contribution in [0.5, 0.6) is 0 Å². The van der Waals surface area contributed by atoms with Gasteiger partial charge in [-0.25, -0.2) is 4.39 Å². The van der Waals surface area contributed by atoms with Crippen LogP contribution in [0.2, 0.25) is 0 Å². The van der Waals surface area contributed by atoms with E-state index in [9.17, 15) is 9.50 Å². The predicted molar refractivity (Wildman–Crippen MR) is 60.6 cm³/mol. The van der Waals surface area contributed by atoms with Gasteiger partial charge in [0.15, 0.2) is 0 Å². The van der Waals surface area contributed by atoms with E-state index in [1.54, 1.807) is 12.1 Å². The van der Waals surface area contributed by atoms with Crippen molar-refractivity contribution in [3.63, 3.8) is 0 Å². The van der Waals surface area contributed by atoms with Gasteiger partial charge < -0.3 is 15.9 Å². The molecule has 5 heteroatoms. The molecule has 0 amide bonds. The summed E-state index contributed by atoms with van der Waals surface area (Å²) in [4.78, 5) is 0. The molecule has 0 aliphatic carbocycles. The first-order chi connectivity index (χ1) is 7.48. The fourth-order valence-electron chi connectivity index (χ4n) is 1.30. The molecule has 3 nitrogen and oxygen atoms in total. The lowest BCUT2D eigenvalue weighted by Crippen LogP contribution is -2.52. The maximum atomic E-state index is 12.6. The van der Waals surface area contributed by atoms with Gasteiger partial charge in [0.1, 0.15) is 11.4 Å². The average Bonchev–Trinajstić information content (AvgIpc) is 2.27. The van der Waals surface area contributed by atoms with Gasteiger partial charge in [-0.1, -0.05) is 23.7 Å². The maximum absolute atomic E-state index is 12.6. The molecule has 4 N–H and O–H groups in total. The summed E-state index contributed by atoms with van der Waals surface area (Å²) in [5.41, 5.74) is 4.05. The molecular formula is C11H15ClFNO2. The lowest BCUT2D eigenvalue weighted by Gasteiger charge is -2.28. The van der Waals surface area contributed by atoms with Crippen LogP contribution in [0, 0.1) is 5.82 Å². The van der Waals surface area contributed by atoms with Gasteiger partial charge in [-0.15, -0.1) is 0 Å². The Morgan fingerprint density at radius 1 is 1.38 bits per heavy atom. The number of aliphatic hydroxyl groups is 2. The third kappa shape index (κ3) is 3.42. The van der Waals surface area contributed by atoms with Crippen molar-refractivity contribution >= 4 is 11.6 Å². The summed E-state index contributed by atoms with van der Waals surface area (Å²) in [5.74, 6) is -0.303.